The van der Waals surface area contributed by atoms with E-state index < -0.39 is 0 Å². The van der Waals surface area contributed by atoms with Crippen LogP contribution in [0.3, 0.4) is 0 Å². The molecule has 0 amide bonds. The summed E-state index contributed by atoms with van der Waals surface area (Å²) in [5, 5.41) is 0.754. The second kappa shape index (κ2) is 5.28. The van der Waals surface area contributed by atoms with Crippen LogP contribution in [0.5, 0.6) is 5.75 Å². The van der Waals surface area contributed by atoms with Gasteiger partial charge in [-0.25, -0.2) is 0 Å². The monoisotopic (exact) mass is 242 g/mol. The minimum absolute atomic E-state index is 0.529. The minimum Gasteiger partial charge on any atom is -0.489 e. The second-order valence-electron chi connectivity index (χ2n) is 3.94. The molecule has 84 valence electrons. The van der Waals surface area contributed by atoms with Crippen LogP contribution in [0.2, 0.25) is 5.02 Å². The summed E-state index contributed by atoms with van der Waals surface area (Å²) >= 11 is 5.95. The Morgan fingerprint density at radius 2 is 1.82 bits per heavy atom. The van der Waals surface area contributed by atoms with Gasteiger partial charge in [0, 0.05) is 5.02 Å². The normalized spacial score (nSPS) is 10.2. The Balaban J connectivity index is 2.02. The average Bonchev–Trinajstić information content (AvgIpc) is 2.33. The van der Waals surface area contributed by atoms with Gasteiger partial charge in [0.25, 0.3) is 0 Å². The SMILES string of the molecule is [B]c1ccc(COc2ccc(Cl)c(C)c2)cc1. The summed E-state index contributed by atoms with van der Waals surface area (Å²) in [5.41, 5.74) is 2.87. The molecule has 0 N–H and O–H groups in total. The van der Waals surface area contributed by atoms with Crippen LogP contribution in [0.1, 0.15) is 11.1 Å². The Bertz CT molecular complexity index is 508. The quantitative estimate of drug-likeness (QED) is 0.752. The van der Waals surface area contributed by atoms with E-state index in [1.165, 1.54) is 0 Å². The van der Waals surface area contributed by atoms with Gasteiger partial charge in [-0.1, -0.05) is 41.3 Å². The zero-order valence-electron chi connectivity index (χ0n) is 9.61. The van der Waals surface area contributed by atoms with E-state index in [1.807, 2.05) is 49.4 Å². The largest absolute Gasteiger partial charge is 0.489 e. The molecule has 0 unspecified atom stereocenters. The molecular weight excluding hydrogens is 230 g/mol. The summed E-state index contributed by atoms with van der Waals surface area (Å²) in [7, 11) is 5.61. The number of hydrogen-bond acceptors (Lipinski definition) is 1. The van der Waals surface area contributed by atoms with E-state index in [1.54, 1.807) is 0 Å². The van der Waals surface area contributed by atoms with Crippen molar-refractivity contribution in [1.82, 2.24) is 0 Å². The number of halogens is 1. The molecule has 1 nitrogen and oxygen atoms in total. The minimum atomic E-state index is 0.529. The van der Waals surface area contributed by atoms with E-state index in [-0.39, 0.29) is 0 Å². The van der Waals surface area contributed by atoms with Crippen LogP contribution in [-0.4, -0.2) is 7.85 Å². The molecule has 3 heteroatoms. The maximum atomic E-state index is 5.95. The van der Waals surface area contributed by atoms with Crippen molar-refractivity contribution in [2.24, 2.45) is 0 Å². The maximum absolute atomic E-state index is 5.95. The van der Waals surface area contributed by atoms with Crippen LogP contribution >= 0.6 is 11.6 Å². The van der Waals surface area contributed by atoms with Crippen LogP contribution < -0.4 is 10.2 Å². The molecule has 0 aliphatic carbocycles. The zero-order chi connectivity index (χ0) is 12.3. The third-order valence-corrected chi connectivity index (χ3v) is 2.94. The lowest BCUT2D eigenvalue weighted by Gasteiger charge is -2.08. The molecule has 0 aromatic heterocycles. The lowest BCUT2D eigenvalue weighted by Crippen LogP contribution is -2.02. The van der Waals surface area contributed by atoms with Gasteiger partial charge >= 0.3 is 0 Å². The summed E-state index contributed by atoms with van der Waals surface area (Å²) in [4.78, 5) is 0. The third-order valence-electron chi connectivity index (χ3n) is 2.51. The van der Waals surface area contributed by atoms with Crippen molar-refractivity contribution in [1.29, 1.82) is 0 Å². The van der Waals surface area contributed by atoms with E-state index in [9.17, 15) is 0 Å². The molecule has 2 aromatic rings. The van der Waals surface area contributed by atoms with Crippen molar-refractivity contribution >= 4 is 24.9 Å². The molecule has 0 saturated carbocycles. The predicted molar refractivity (Wildman–Crippen MR) is 72.4 cm³/mol. The highest BCUT2D eigenvalue weighted by Gasteiger charge is 1.99. The molecule has 17 heavy (non-hydrogen) atoms. The topological polar surface area (TPSA) is 9.23 Å². The van der Waals surface area contributed by atoms with E-state index >= 15 is 0 Å². The van der Waals surface area contributed by atoms with Crippen molar-refractivity contribution in [2.75, 3.05) is 0 Å². The second-order valence-corrected chi connectivity index (χ2v) is 4.35. The molecule has 0 aliphatic heterocycles. The van der Waals surface area contributed by atoms with Gasteiger partial charge in [-0.2, -0.15) is 0 Å². The van der Waals surface area contributed by atoms with Crippen molar-refractivity contribution in [3.8, 4) is 5.75 Å². The molecule has 2 aromatic carbocycles. The highest BCUT2D eigenvalue weighted by molar-refractivity contribution is 6.32. The molecule has 0 fully saturated rings. The first-order valence-corrected chi connectivity index (χ1v) is 5.76. The first-order chi connectivity index (χ1) is 8.15. The van der Waals surface area contributed by atoms with Crippen LogP contribution in [0.15, 0.2) is 42.5 Å². The average molecular weight is 243 g/mol. The van der Waals surface area contributed by atoms with E-state index in [2.05, 4.69) is 0 Å². The molecular formula is C14H12BClO. The summed E-state index contributed by atoms with van der Waals surface area (Å²) in [6.45, 7) is 2.49. The molecule has 2 rings (SSSR count). The van der Waals surface area contributed by atoms with Crippen LogP contribution in [-0.2, 0) is 6.61 Å². The fourth-order valence-electron chi connectivity index (χ4n) is 1.49. The molecule has 0 saturated heterocycles. The number of rotatable bonds is 3. The smallest absolute Gasteiger partial charge is 0.120 e. The number of benzene rings is 2. The lowest BCUT2D eigenvalue weighted by atomic mass is 9.95. The van der Waals surface area contributed by atoms with Gasteiger partial charge in [-0.05, 0) is 36.2 Å². The lowest BCUT2D eigenvalue weighted by molar-refractivity contribution is 0.306. The third kappa shape index (κ3) is 3.27. The van der Waals surface area contributed by atoms with Crippen molar-refractivity contribution < 1.29 is 4.74 Å². The molecule has 0 spiro atoms. The number of ether oxygens (including phenoxy) is 1. The standard InChI is InChI=1S/C14H12BClO/c1-10-8-13(6-7-14(10)16)17-9-11-2-4-12(15)5-3-11/h2-8H,9H2,1H3. The van der Waals surface area contributed by atoms with Crippen LogP contribution in [0.4, 0.5) is 0 Å². The van der Waals surface area contributed by atoms with E-state index in [0.29, 0.717) is 6.61 Å². The van der Waals surface area contributed by atoms with Gasteiger partial charge in [0.05, 0.1) is 0 Å². The highest BCUT2D eigenvalue weighted by Crippen LogP contribution is 2.21. The molecule has 0 bridgehead atoms. The van der Waals surface area contributed by atoms with Crippen LogP contribution in [0, 0.1) is 6.92 Å². The number of hydrogen-bond donors (Lipinski definition) is 0. The Hall–Kier alpha value is -1.41. The summed E-state index contributed by atoms with van der Waals surface area (Å²) in [6.07, 6.45) is 0. The molecule has 2 radical (unpaired) electrons. The highest BCUT2D eigenvalue weighted by atomic mass is 35.5. The Morgan fingerprint density at radius 3 is 2.47 bits per heavy atom. The van der Waals surface area contributed by atoms with E-state index in [0.717, 1.165) is 27.4 Å². The summed E-state index contributed by atoms with van der Waals surface area (Å²) in [5.74, 6) is 0.823. The molecule has 0 heterocycles. The predicted octanol–water partition coefficient (Wildman–Crippen LogP) is 3.02. The fourth-order valence-corrected chi connectivity index (χ4v) is 1.61. The van der Waals surface area contributed by atoms with Crippen LogP contribution in [0.25, 0.3) is 0 Å². The molecule has 0 atom stereocenters. The van der Waals surface area contributed by atoms with E-state index in [4.69, 9.17) is 24.2 Å². The number of aryl methyl sites for hydroxylation is 1. The fraction of sp³-hybridized carbons (Fsp3) is 0.143. The first-order valence-electron chi connectivity index (χ1n) is 5.38. The Labute approximate surface area is 108 Å². The van der Waals surface area contributed by atoms with Gasteiger partial charge in [0.2, 0.25) is 0 Å². The Kier molecular flexibility index (Phi) is 3.75. The van der Waals surface area contributed by atoms with Crippen molar-refractivity contribution in [3.63, 3.8) is 0 Å². The van der Waals surface area contributed by atoms with Gasteiger partial charge in [-0.3, -0.25) is 0 Å². The van der Waals surface area contributed by atoms with Gasteiger partial charge in [0.1, 0.15) is 20.2 Å². The van der Waals surface area contributed by atoms with Gasteiger partial charge in [-0.15, -0.1) is 0 Å². The van der Waals surface area contributed by atoms with Crippen molar-refractivity contribution in [2.45, 2.75) is 13.5 Å². The summed E-state index contributed by atoms with van der Waals surface area (Å²) < 4.78 is 5.67. The first kappa shape index (κ1) is 12.1. The maximum Gasteiger partial charge on any atom is 0.120 e. The van der Waals surface area contributed by atoms with Gasteiger partial charge in [0.15, 0.2) is 0 Å². The van der Waals surface area contributed by atoms with Crippen molar-refractivity contribution in [3.05, 3.63) is 58.6 Å². The summed E-state index contributed by atoms with van der Waals surface area (Å²) in [6, 6.07) is 13.3. The van der Waals surface area contributed by atoms with Gasteiger partial charge < -0.3 is 4.74 Å². The zero-order valence-corrected chi connectivity index (χ0v) is 10.4. The Morgan fingerprint density at radius 1 is 1.12 bits per heavy atom. The molecule has 0 aliphatic rings.